The maximum Gasteiger partial charge on any atom is 0.338 e. The van der Waals surface area contributed by atoms with Crippen LogP contribution in [0.3, 0.4) is 0 Å². The lowest BCUT2D eigenvalue weighted by Gasteiger charge is -2.18. The minimum atomic E-state index is -0.584. The Labute approximate surface area is 173 Å². The maximum atomic E-state index is 12.5. The monoisotopic (exact) mass is 413 g/mol. The third-order valence-corrected chi connectivity index (χ3v) is 5.26. The molecule has 2 aromatic carbocycles. The number of esters is 2. The normalized spacial score (nSPS) is 25.0. The summed E-state index contributed by atoms with van der Waals surface area (Å²) in [5.74, 6) is 4.17. The third kappa shape index (κ3) is 4.22. The third-order valence-electron chi connectivity index (χ3n) is 5.26. The molecule has 8 nitrogen and oxygen atoms in total. The Morgan fingerprint density at radius 3 is 2.30 bits per heavy atom. The number of hydrogen-bond donors (Lipinski definition) is 1. The van der Waals surface area contributed by atoms with Crippen molar-refractivity contribution in [1.82, 2.24) is 0 Å². The van der Waals surface area contributed by atoms with E-state index in [1.807, 2.05) is 19.1 Å². The molecule has 2 aliphatic heterocycles. The van der Waals surface area contributed by atoms with Crippen molar-refractivity contribution in [2.75, 3.05) is 13.2 Å². The molecule has 4 atom stereocenters. The second-order valence-electron chi connectivity index (χ2n) is 7.31. The average molecular weight is 413 g/mol. The number of nitrogens with two attached hydrogens (primary N) is 1. The van der Waals surface area contributed by atoms with Crippen molar-refractivity contribution in [3.63, 3.8) is 0 Å². The SMILES string of the molecule is Cc1ccccc1C(=O)O[C@H]1CO[C@@H]2C(OC(=O)c3cccc(CON)c3)CO[C@H]12. The molecule has 8 heteroatoms. The molecule has 2 aromatic rings. The summed E-state index contributed by atoms with van der Waals surface area (Å²) in [5, 5.41) is 0. The van der Waals surface area contributed by atoms with Crippen molar-refractivity contribution in [3.8, 4) is 0 Å². The highest BCUT2D eigenvalue weighted by atomic mass is 16.7. The zero-order chi connectivity index (χ0) is 21.1. The van der Waals surface area contributed by atoms with Crippen LogP contribution in [0.15, 0.2) is 48.5 Å². The van der Waals surface area contributed by atoms with Gasteiger partial charge in [-0.2, -0.15) is 0 Å². The fourth-order valence-corrected chi connectivity index (χ4v) is 3.72. The van der Waals surface area contributed by atoms with Crippen molar-refractivity contribution in [2.45, 2.75) is 37.9 Å². The van der Waals surface area contributed by atoms with Crippen LogP contribution in [0.5, 0.6) is 0 Å². The fourth-order valence-electron chi connectivity index (χ4n) is 3.72. The molecule has 2 aliphatic rings. The van der Waals surface area contributed by atoms with Gasteiger partial charge in [0.15, 0.2) is 12.2 Å². The molecule has 0 bridgehead atoms. The lowest BCUT2D eigenvalue weighted by Crippen LogP contribution is -2.36. The number of aryl methyl sites for hydroxylation is 1. The molecule has 0 amide bonds. The first-order valence-electron chi connectivity index (χ1n) is 9.68. The number of ether oxygens (including phenoxy) is 4. The lowest BCUT2D eigenvalue weighted by molar-refractivity contribution is -0.0287. The number of carbonyl (C=O) groups excluding carboxylic acids is 2. The van der Waals surface area contributed by atoms with E-state index in [-0.39, 0.29) is 19.8 Å². The predicted octanol–water partition coefficient (Wildman–Crippen LogP) is 1.93. The molecule has 2 N–H and O–H groups in total. The van der Waals surface area contributed by atoms with Crippen LogP contribution in [0.25, 0.3) is 0 Å². The minimum Gasteiger partial charge on any atom is -0.453 e. The number of rotatable bonds is 6. The van der Waals surface area contributed by atoms with Crippen LogP contribution in [0.4, 0.5) is 0 Å². The summed E-state index contributed by atoms with van der Waals surface area (Å²) in [7, 11) is 0. The van der Waals surface area contributed by atoms with Crippen molar-refractivity contribution in [3.05, 3.63) is 70.8 Å². The molecule has 2 saturated heterocycles. The van der Waals surface area contributed by atoms with E-state index in [4.69, 9.17) is 24.8 Å². The van der Waals surface area contributed by atoms with Gasteiger partial charge >= 0.3 is 11.9 Å². The number of fused-ring (bicyclic) bond motifs is 1. The number of carbonyl (C=O) groups is 2. The molecule has 30 heavy (non-hydrogen) atoms. The Bertz CT molecular complexity index is 931. The molecule has 158 valence electrons. The van der Waals surface area contributed by atoms with Crippen LogP contribution >= 0.6 is 0 Å². The van der Waals surface area contributed by atoms with Crippen LogP contribution in [-0.4, -0.2) is 49.6 Å². The second kappa shape index (κ2) is 8.93. The molecular formula is C22H23NO7. The molecule has 2 fully saturated rings. The van der Waals surface area contributed by atoms with E-state index in [1.54, 1.807) is 36.4 Å². The van der Waals surface area contributed by atoms with Gasteiger partial charge in [0.25, 0.3) is 0 Å². The van der Waals surface area contributed by atoms with Gasteiger partial charge in [0.1, 0.15) is 12.2 Å². The van der Waals surface area contributed by atoms with Crippen LogP contribution < -0.4 is 5.90 Å². The zero-order valence-corrected chi connectivity index (χ0v) is 16.5. The largest absolute Gasteiger partial charge is 0.453 e. The van der Waals surface area contributed by atoms with E-state index in [0.29, 0.717) is 11.1 Å². The summed E-state index contributed by atoms with van der Waals surface area (Å²) in [6.07, 6.45) is -2.11. The highest BCUT2D eigenvalue weighted by Crippen LogP contribution is 2.31. The zero-order valence-electron chi connectivity index (χ0n) is 16.5. The first-order chi connectivity index (χ1) is 14.6. The molecule has 2 heterocycles. The van der Waals surface area contributed by atoms with Crippen LogP contribution in [0.2, 0.25) is 0 Å². The Morgan fingerprint density at radius 2 is 1.63 bits per heavy atom. The molecular weight excluding hydrogens is 390 g/mol. The van der Waals surface area contributed by atoms with Crippen molar-refractivity contribution in [2.24, 2.45) is 5.90 Å². The van der Waals surface area contributed by atoms with Gasteiger partial charge in [-0.15, -0.1) is 0 Å². The average Bonchev–Trinajstić information content (AvgIpc) is 3.32. The Hall–Kier alpha value is -2.78. The summed E-state index contributed by atoms with van der Waals surface area (Å²) in [6.45, 7) is 2.39. The Morgan fingerprint density at radius 1 is 0.967 bits per heavy atom. The number of benzene rings is 2. The van der Waals surface area contributed by atoms with Gasteiger partial charge in [0, 0.05) is 0 Å². The first-order valence-corrected chi connectivity index (χ1v) is 9.68. The highest BCUT2D eigenvalue weighted by Gasteiger charge is 2.51. The van der Waals surface area contributed by atoms with Gasteiger partial charge in [0.05, 0.1) is 30.9 Å². The summed E-state index contributed by atoms with van der Waals surface area (Å²) in [6, 6.07) is 14.0. The fraction of sp³-hybridized carbons (Fsp3) is 0.364. The van der Waals surface area contributed by atoms with E-state index in [2.05, 4.69) is 4.84 Å². The molecule has 1 unspecified atom stereocenters. The molecule has 0 spiro atoms. The topological polar surface area (TPSA) is 106 Å². The van der Waals surface area contributed by atoms with E-state index < -0.39 is 36.4 Å². The van der Waals surface area contributed by atoms with Crippen LogP contribution in [0.1, 0.15) is 31.8 Å². The van der Waals surface area contributed by atoms with Crippen LogP contribution in [0, 0.1) is 6.92 Å². The molecule has 0 radical (unpaired) electrons. The predicted molar refractivity (Wildman–Crippen MR) is 104 cm³/mol. The summed E-state index contributed by atoms with van der Waals surface area (Å²) in [5.41, 5.74) is 2.48. The van der Waals surface area contributed by atoms with Crippen LogP contribution in [-0.2, 0) is 30.4 Å². The van der Waals surface area contributed by atoms with E-state index in [0.717, 1.165) is 11.1 Å². The van der Waals surface area contributed by atoms with Gasteiger partial charge in [0.2, 0.25) is 0 Å². The Kier molecular flexibility index (Phi) is 6.10. The van der Waals surface area contributed by atoms with Crippen molar-refractivity contribution < 1.29 is 33.4 Å². The van der Waals surface area contributed by atoms with Gasteiger partial charge < -0.3 is 18.9 Å². The molecule has 0 aliphatic carbocycles. The maximum absolute atomic E-state index is 12.5. The summed E-state index contributed by atoms with van der Waals surface area (Å²) < 4.78 is 22.7. The molecule has 0 aromatic heterocycles. The molecule has 0 saturated carbocycles. The Balaban J connectivity index is 1.37. The first kappa shape index (κ1) is 20.5. The van der Waals surface area contributed by atoms with Gasteiger partial charge in [-0.25, -0.2) is 15.5 Å². The standard InChI is InChI=1S/C22H23NO7/c1-13-5-2-3-8-16(13)22(25)30-18-12-27-19-17(11-26-20(18)19)29-21(24)15-7-4-6-14(9-15)10-28-23/h2-9,17-20H,10-12,23H2,1H3/t17?,18-,19+,20+/m0/s1. The second-order valence-corrected chi connectivity index (χ2v) is 7.31. The lowest BCUT2D eigenvalue weighted by atomic mass is 10.1. The smallest absolute Gasteiger partial charge is 0.338 e. The van der Waals surface area contributed by atoms with E-state index in [9.17, 15) is 9.59 Å². The van der Waals surface area contributed by atoms with Crippen molar-refractivity contribution in [1.29, 1.82) is 0 Å². The van der Waals surface area contributed by atoms with Gasteiger partial charge in [-0.3, -0.25) is 4.84 Å². The van der Waals surface area contributed by atoms with Gasteiger partial charge in [-0.1, -0.05) is 30.3 Å². The van der Waals surface area contributed by atoms with Gasteiger partial charge in [-0.05, 0) is 36.2 Å². The minimum absolute atomic E-state index is 0.172. The van der Waals surface area contributed by atoms with Crippen molar-refractivity contribution >= 4 is 11.9 Å². The van der Waals surface area contributed by atoms with E-state index in [1.165, 1.54) is 0 Å². The number of hydrogen-bond acceptors (Lipinski definition) is 8. The molecule has 4 rings (SSSR count). The summed E-state index contributed by atoms with van der Waals surface area (Å²) >= 11 is 0. The van der Waals surface area contributed by atoms with E-state index >= 15 is 0 Å². The quantitative estimate of drug-likeness (QED) is 0.566. The highest BCUT2D eigenvalue weighted by molar-refractivity contribution is 5.91. The summed E-state index contributed by atoms with van der Waals surface area (Å²) in [4.78, 5) is 29.6.